The number of ether oxygens (including phenoxy) is 1. The maximum Gasteiger partial charge on any atom is 0.339 e. The van der Waals surface area contributed by atoms with E-state index in [1.165, 1.54) is 7.11 Å². The molecular weight excluding hydrogens is 196 g/mol. The van der Waals surface area contributed by atoms with Gasteiger partial charge in [-0.05, 0) is 18.2 Å². The first kappa shape index (κ1) is 9.42. The van der Waals surface area contributed by atoms with Gasteiger partial charge in [-0.3, -0.25) is 0 Å². The molecule has 0 saturated heterocycles. The standard InChI is InChI=1S/C8H7ClO2S/c1-11-8(10)6-4-5(12)2-3-7(6)9/h2-4,12H,1H3. The van der Waals surface area contributed by atoms with Crippen molar-refractivity contribution >= 4 is 30.2 Å². The summed E-state index contributed by atoms with van der Waals surface area (Å²) in [5.74, 6) is -0.448. The number of hydrogen-bond acceptors (Lipinski definition) is 3. The summed E-state index contributed by atoms with van der Waals surface area (Å²) in [7, 11) is 1.31. The van der Waals surface area contributed by atoms with Crippen LogP contribution >= 0.6 is 24.2 Å². The molecule has 0 fully saturated rings. The summed E-state index contributed by atoms with van der Waals surface area (Å²) in [6.45, 7) is 0. The van der Waals surface area contributed by atoms with Gasteiger partial charge in [0.15, 0.2) is 0 Å². The van der Waals surface area contributed by atoms with E-state index in [0.717, 1.165) is 0 Å². The van der Waals surface area contributed by atoms with E-state index in [-0.39, 0.29) is 0 Å². The van der Waals surface area contributed by atoms with Crippen LogP contribution in [0.25, 0.3) is 0 Å². The maximum absolute atomic E-state index is 11.0. The van der Waals surface area contributed by atoms with Crippen molar-refractivity contribution in [2.45, 2.75) is 4.90 Å². The monoisotopic (exact) mass is 202 g/mol. The first-order chi connectivity index (χ1) is 5.65. The number of benzene rings is 1. The Kier molecular flexibility index (Phi) is 3.00. The van der Waals surface area contributed by atoms with Gasteiger partial charge in [-0.1, -0.05) is 11.6 Å². The van der Waals surface area contributed by atoms with Gasteiger partial charge in [0.2, 0.25) is 0 Å². The molecule has 2 nitrogen and oxygen atoms in total. The van der Waals surface area contributed by atoms with Crippen LogP contribution < -0.4 is 0 Å². The highest BCUT2D eigenvalue weighted by atomic mass is 35.5. The van der Waals surface area contributed by atoms with Gasteiger partial charge in [0.1, 0.15) is 0 Å². The molecule has 0 aliphatic rings. The van der Waals surface area contributed by atoms with E-state index in [2.05, 4.69) is 17.4 Å². The van der Waals surface area contributed by atoms with Crippen molar-refractivity contribution in [2.75, 3.05) is 7.11 Å². The summed E-state index contributed by atoms with van der Waals surface area (Å²) in [6, 6.07) is 4.88. The van der Waals surface area contributed by atoms with Gasteiger partial charge >= 0.3 is 5.97 Å². The SMILES string of the molecule is COC(=O)c1cc(S)ccc1Cl. The third kappa shape index (κ3) is 1.93. The molecule has 1 rings (SSSR count). The number of esters is 1. The highest BCUT2D eigenvalue weighted by Gasteiger charge is 2.09. The van der Waals surface area contributed by atoms with Crippen LogP contribution in [-0.2, 0) is 4.74 Å². The molecule has 0 unspecified atom stereocenters. The molecule has 0 aliphatic carbocycles. The Morgan fingerprint density at radius 2 is 2.25 bits per heavy atom. The van der Waals surface area contributed by atoms with E-state index in [4.69, 9.17) is 11.6 Å². The zero-order chi connectivity index (χ0) is 9.14. The van der Waals surface area contributed by atoms with Crippen molar-refractivity contribution in [3.8, 4) is 0 Å². The summed E-state index contributed by atoms with van der Waals surface area (Å²) >= 11 is 9.80. The number of methoxy groups -OCH3 is 1. The Bertz CT molecular complexity index is 312. The number of halogens is 1. The van der Waals surface area contributed by atoms with Crippen molar-refractivity contribution < 1.29 is 9.53 Å². The maximum atomic E-state index is 11.0. The van der Waals surface area contributed by atoms with Crippen LogP contribution in [-0.4, -0.2) is 13.1 Å². The molecule has 0 amide bonds. The van der Waals surface area contributed by atoms with Crippen LogP contribution in [0.1, 0.15) is 10.4 Å². The lowest BCUT2D eigenvalue weighted by Gasteiger charge is -2.01. The van der Waals surface area contributed by atoms with Gasteiger partial charge < -0.3 is 4.74 Å². The van der Waals surface area contributed by atoms with Crippen LogP contribution in [0.3, 0.4) is 0 Å². The van der Waals surface area contributed by atoms with Crippen LogP contribution in [0, 0.1) is 0 Å². The first-order valence-corrected chi connectivity index (χ1v) is 4.04. The van der Waals surface area contributed by atoms with Gasteiger partial charge in [-0.2, -0.15) is 0 Å². The second kappa shape index (κ2) is 3.83. The molecule has 0 radical (unpaired) electrons. The molecule has 0 N–H and O–H groups in total. The van der Waals surface area contributed by atoms with Crippen molar-refractivity contribution in [1.29, 1.82) is 0 Å². The first-order valence-electron chi connectivity index (χ1n) is 3.22. The van der Waals surface area contributed by atoms with E-state index >= 15 is 0 Å². The lowest BCUT2D eigenvalue weighted by atomic mass is 10.2. The summed E-state index contributed by atoms with van der Waals surface area (Å²) in [6.07, 6.45) is 0. The minimum atomic E-state index is -0.448. The van der Waals surface area contributed by atoms with Crippen molar-refractivity contribution in [3.05, 3.63) is 28.8 Å². The van der Waals surface area contributed by atoms with E-state index in [0.29, 0.717) is 15.5 Å². The van der Waals surface area contributed by atoms with Gasteiger partial charge in [-0.25, -0.2) is 4.79 Å². The number of thiol groups is 1. The Balaban J connectivity index is 3.13. The normalized spacial score (nSPS) is 9.58. The van der Waals surface area contributed by atoms with Crippen LogP contribution in [0.15, 0.2) is 23.1 Å². The van der Waals surface area contributed by atoms with E-state index in [9.17, 15) is 4.79 Å². The van der Waals surface area contributed by atoms with Crippen molar-refractivity contribution in [3.63, 3.8) is 0 Å². The van der Waals surface area contributed by atoms with Crippen LogP contribution in [0.5, 0.6) is 0 Å². The van der Waals surface area contributed by atoms with E-state index in [1.807, 2.05) is 0 Å². The highest BCUT2D eigenvalue weighted by Crippen LogP contribution is 2.19. The molecule has 0 bridgehead atoms. The Morgan fingerprint density at radius 3 is 2.83 bits per heavy atom. The number of rotatable bonds is 1. The minimum absolute atomic E-state index is 0.340. The van der Waals surface area contributed by atoms with Gasteiger partial charge in [0, 0.05) is 4.90 Å². The molecule has 0 saturated carbocycles. The fourth-order valence-corrected chi connectivity index (χ4v) is 1.18. The topological polar surface area (TPSA) is 26.3 Å². The number of carbonyl (C=O) groups excluding carboxylic acids is 1. The zero-order valence-electron chi connectivity index (χ0n) is 6.37. The average molecular weight is 203 g/mol. The fraction of sp³-hybridized carbons (Fsp3) is 0.125. The second-order valence-corrected chi connectivity index (χ2v) is 3.08. The molecule has 1 aromatic carbocycles. The predicted molar refractivity (Wildman–Crippen MR) is 50.0 cm³/mol. The smallest absolute Gasteiger partial charge is 0.339 e. The van der Waals surface area contributed by atoms with E-state index in [1.54, 1.807) is 18.2 Å². The third-order valence-corrected chi connectivity index (χ3v) is 1.96. The van der Waals surface area contributed by atoms with Crippen LogP contribution in [0.4, 0.5) is 0 Å². The molecule has 64 valence electrons. The Morgan fingerprint density at radius 1 is 1.58 bits per heavy atom. The molecule has 0 atom stereocenters. The summed E-state index contributed by atoms with van der Waals surface area (Å²) in [4.78, 5) is 11.7. The zero-order valence-corrected chi connectivity index (χ0v) is 8.02. The van der Waals surface area contributed by atoms with Crippen molar-refractivity contribution in [1.82, 2.24) is 0 Å². The quantitative estimate of drug-likeness (QED) is 0.559. The summed E-state index contributed by atoms with van der Waals surface area (Å²) in [5, 5.41) is 0.375. The Hall–Kier alpha value is -0.670. The molecular formula is C8H7ClO2S. The third-order valence-electron chi connectivity index (χ3n) is 1.36. The second-order valence-electron chi connectivity index (χ2n) is 2.16. The molecule has 0 aliphatic heterocycles. The molecule has 4 heteroatoms. The van der Waals surface area contributed by atoms with Crippen LogP contribution in [0.2, 0.25) is 5.02 Å². The summed E-state index contributed by atoms with van der Waals surface area (Å²) < 4.78 is 4.51. The van der Waals surface area contributed by atoms with Gasteiger partial charge in [0.25, 0.3) is 0 Å². The number of carbonyl (C=O) groups is 1. The van der Waals surface area contributed by atoms with Crippen molar-refractivity contribution in [2.24, 2.45) is 0 Å². The molecule has 1 aromatic rings. The number of hydrogen-bond donors (Lipinski definition) is 1. The van der Waals surface area contributed by atoms with Gasteiger partial charge in [-0.15, -0.1) is 12.6 Å². The minimum Gasteiger partial charge on any atom is -0.465 e. The molecule has 0 heterocycles. The average Bonchev–Trinajstić information content (AvgIpc) is 2.08. The fourth-order valence-electron chi connectivity index (χ4n) is 0.780. The molecule has 0 aromatic heterocycles. The lowest BCUT2D eigenvalue weighted by Crippen LogP contribution is -2.01. The molecule has 0 spiro atoms. The molecule has 12 heavy (non-hydrogen) atoms. The predicted octanol–water partition coefficient (Wildman–Crippen LogP) is 2.42. The largest absolute Gasteiger partial charge is 0.465 e. The highest BCUT2D eigenvalue weighted by molar-refractivity contribution is 7.80. The Labute approximate surface area is 80.9 Å². The van der Waals surface area contributed by atoms with E-state index < -0.39 is 5.97 Å². The summed E-state index contributed by atoms with van der Waals surface area (Å²) in [5.41, 5.74) is 0.340. The lowest BCUT2D eigenvalue weighted by molar-refractivity contribution is 0.0600. The van der Waals surface area contributed by atoms with Gasteiger partial charge in [0.05, 0.1) is 17.7 Å².